The lowest BCUT2D eigenvalue weighted by Gasteiger charge is -2.31. The van der Waals surface area contributed by atoms with Crippen molar-refractivity contribution in [3.63, 3.8) is 0 Å². The maximum atomic E-state index is 12.5. The van der Waals surface area contributed by atoms with Crippen LogP contribution in [0.2, 0.25) is 0 Å². The lowest BCUT2D eigenvalue weighted by molar-refractivity contribution is -0.142. The molecule has 7 nitrogen and oxygen atoms in total. The molecule has 1 aromatic rings. The van der Waals surface area contributed by atoms with E-state index in [0.29, 0.717) is 31.7 Å². The van der Waals surface area contributed by atoms with Gasteiger partial charge >= 0.3 is 5.97 Å². The molecule has 4 atom stereocenters. The number of carbonyl (C=O) groups is 3. The van der Waals surface area contributed by atoms with Gasteiger partial charge in [0.1, 0.15) is 17.9 Å². The molecular weight excluding hydrogens is 455 g/mol. The summed E-state index contributed by atoms with van der Waals surface area (Å²) in [6, 6.07) is 6.51. The second-order valence-electron chi connectivity index (χ2n) is 8.26. The molecule has 2 N–H and O–H groups in total. The fourth-order valence-electron chi connectivity index (χ4n) is 3.86. The number of amides is 2. The molecule has 0 aromatic heterocycles. The smallest absolute Gasteiger partial charge is 0.325 e. The number of nitrogens with one attached hydrogen (secondary N) is 1. The molecular formula is C23H28Cl2N2O5. The Bertz CT molecular complexity index is 852. The molecule has 3 rings (SSSR count). The molecule has 4 unspecified atom stereocenters. The zero-order valence-corrected chi connectivity index (χ0v) is 19.4. The van der Waals surface area contributed by atoms with E-state index in [1.807, 2.05) is 24.3 Å². The quantitative estimate of drug-likeness (QED) is 0.459. The summed E-state index contributed by atoms with van der Waals surface area (Å²) < 4.78 is 5.92. The van der Waals surface area contributed by atoms with E-state index in [1.54, 1.807) is 11.0 Å². The van der Waals surface area contributed by atoms with Gasteiger partial charge in [0.15, 0.2) is 0 Å². The lowest BCUT2D eigenvalue weighted by atomic mass is 9.95. The van der Waals surface area contributed by atoms with Crippen LogP contribution < -0.4 is 10.1 Å². The van der Waals surface area contributed by atoms with Crippen LogP contribution in [-0.4, -0.2) is 63.8 Å². The van der Waals surface area contributed by atoms with E-state index in [4.69, 9.17) is 33.0 Å². The number of hydrogen-bond donors (Lipinski definition) is 2. The zero-order valence-electron chi connectivity index (χ0n) is 17.9. The average molecular weight is 483 g/mol. The van der Waals surface area contributed by atoms with Crippen LogP contribution in [0.15, 0.2) is 30.3 Å². The average Bonchev–Trinajstić information content (AvgIpc) is 3.10. The Kier molecular flexibility index (Phi) is 8.43. The van der Waals surface area contributed by atoms with Gasteiger partial charge in [-0.1, -0.05) is 12.1 Å². The summed E-state index contributed by atoms with van der Waals surface area (Å²) in [4.78, 5) is 37.2. The number of carboxylic acids is 1. The van der Waals surface area contributed by atoms with Gasteiger partial charge in [-0.25, -0.2) is 0 Å². The summed E-state index contributed by atoms with van der Waals surface area (Å²) in [5.74, 6) is -1.02. The van der Waals surface area contributed by atoms with Crippen molar-refractivity contribution in [2.75, 3.05) is 13.1 Å². The number of nitrogens with zero attached hydrogens (tertiary/aromatic N) is 1. The summed E-state index contributed by atoms with van der Waals surface area (Å²) >= 11 is 12.4. The number of hydrogen-bond acceptors (Lipinski definition) is 4. The number of benzene rings is 1. The number of ether oxygens (including phenoxy) is 1. The van der Waals surface area contributed by atoms with Gasteiger partial charge < -0.3 is 20.1 Å². The summed E-state index contributed by atoms with van der Waals surface area (Å²) in [6.07, 6.45) is 5.85. The molecule has 2 fully saturated rings. The van der Waals surface area contributed by atoms with Crippen molar-refractivity contribution in [1.29, 1.82) is 0 Å². The first-order valence-electron chi connectivity index (χ1n) is 10.8. The van der Waals surface area contributed by atoms with Gasteiger partial charge in [0.25, 0.3) is 0 Å². The topological polar surface area (TPSA) is 95.9 Å². The number of carboxylic acid groups (broad SMARTS) is 1. The highest BCUT2D eigenvalue weighted by atomic mass is 35.5. The van der Waals surface area contributed by atoms with E-state index >= 15 is 0 Å². The monoisotopic (exact) mass is 482 g/mol. The minimum atomic E-state index is -1.07. The first-order valence-corrected chi connectivity index (χ1v) is 11.7. The molecule has 1 aromatic carbocycles. The van der Waals surface area contributed by atoms with Crippen molar-refractivity contribution < 1.29 is 24.2 Å². The first-order chi connectivity index (χ1) is 15.2. The summed E-state index contributed by atoms with van der Waals surface area (Å²) in [5, 5.41) is 11.1. The number of halogens is 2. The van der Waals surface area contributed by atoms with Crippen LogP contribution in [-0.2, 0) is 14.4 Å². The molecule has 32 heavy (non-hydrogen) atoms. The molecule has 1 aliphatic carbocycles. The molecule has 2 amide bonds. The van der Waals surface area contributed by atoms with Crippen LogP contribution in [0.25, 0.3) is 6.08 Å². The fraction of sp³-hybridized carbons (Fsp3) is 0.522. The molecule has 0 radical (unpaired) electrons. The maximum absolute atomic E-state index is 12.5. The van der Waals surface area contributed by atoms with E-state index < -0.39 is 12.0 Å². The first kappa shape index (κ1) is 24.4. The Balaban J connectivity index is 1.45. The minimum absolute atomic E-state index is 0.0670. The summed E-state index contributed by atoms with van der Waals surface area (Å²) in [7, 11) is 0. The van der Waals surface area contributed by atoms with E-state index in [9.17, 15) is 14.4 Å². The van der Waals surface area contributed by atoms with Crippen LogP contribution in [0, 0.1) is 5.92 Å². The molecule has 2 aliphatic rings. The van der Waals surface area contributed by atoms with Gasteiger partial charge in [0.05, 0.1) is 10.8 Å². The highest BCUT2D eigenvalue weighted by molar-refractivity contribution is 6.30. The Labute approximate surface area is 197 Å². The molecule has 1 aliphatic heterocycles. The van der Waals surface area contributed by atoms with Crippen molar-refractivity contribution in [1.82, 2.24) is 10.2 Å². The van der Waals surface area contributed by atoms with Crippen molar-refractivity contribution in [3.8, 4) is 5.75 Å². The minimum Gasteiger partial charge on any atom is -0.489 e. The van der Waals surface area contributed by atoms with Crippen LogP contribution in [0.1, 0.15) is 38.2 Å². The molecule has 1 heterocycles. The normalized spacial score (nSPS) is 25.0. The van der Waals surface area contributed by atoms with Gasteiger partial charge in [-0.05, 0) is 56.4 Å². The summed E-state index contributed by atoms with van der Waals surface area (Å²) in [5.41, 5.74) is 0.867. The molecule has 1 saturated heterocycles. The third kappa shape index (κ3) is 6.39. The van der Waals surface area contributed by atoms with E-state index in [-0.39, 0.29) is 34.6 Å². The predicted molar refractivity (Wildman–Crippen MR) is 123 cm³/mol. The summed E-state index contributed by atoms with van der Waals surface area (Å²) in [6.45, 7) is 2.34. The third-order valence-electron chi connectivity index (χ3n) is 5.92. The molecule has 174 valence electrons. The van der Waals surface area contributed by atoms with Gasteiger partial charge in [0.2, 0.25) is 11.8 Å². The van der Waals surface area contributed by atoms with Crippen LogP contribution in [0.4, 0.5) is 0 Å². The second kappa shape index (κ2) is 11.1. The van der Waals surface area contributed by atoms with Crippen LogP contribution in [0.3, 0.4) is 0 Å². The van der Waals surface area contributed by atoms with Crippen LogP contribution >= 0.6 is 23.2 Å². The molecule has 1 saturated carbocycles. The van der Waals surface area contributed by atoms with E-state index in [0.717, 1.165) is 18.4 Å². The van der Waals surface area contributed by atoms with Crippen molar-refractivity contribution in [2.45, 2.75) is 55.5 Å². The number of likely N-dealkylation sites (tertiary alicyclic amines) is 1. The fourth-order valence-corrected chi connectivity index (χ4v) is 4.45. The number of alkyl halides is 2. The SMILES string of the molecule is CC(NC(=O)C1CCN(C(=O)C=Cc2ccc(OC3CCC(Cl)C3Cl)cc2)CC1)C(=O)O. The van der Waals surface area contributed by atoms with E-state index in [2.05, 4.69) is 5.32 Å². The van der Waals surface area contributed by atoms with Crippen molar-refractivity contribution in [3.05, 3.63) is 35.9 Å². The lowest BCUT2D eigenvalue weighted by Crippen LogP contribution is -2.46. The Morgan fingerprint density at radius 1 is 1.12 bits per heavy atom. The molecule has 9 heteroatoms. The number of carbonyl (C=O) groups excluding carboxylic acids is 2. The predicted octanol–water partition coefficient (Wildman–Crippen LogP) is 3.28. The standard InChI is InChI=1S/C23H28Cl2N2O5/c1-14(23(30)31)26-22(29)16-10-12-27(13-11-16)20(28)9-4-15-2-5-17(6-3-15)32-19-8-7-18(24)21(19)25/h2-6,9,14,16,18-19,21H,7-8,10-13H2,1H3,(H,26,29)(H,30,31). The number of rotatable bonds is 7. The Morgan fingerprint density at radius 2 is 1.78 bits per heavy atom. The van der Waals surface area contributed by atoms with Crippen molar-refractivity contribution in [2.24, 2.45) is 5.92 Å². The van der Waals surface area contributed by atoms with Crippen molar-refractivity contribution >= 4 is 47.1 Å². The van der Waals surface area contributed by atoms with Gasteiger partial charge in [-0.15, -0.1) is 23.2 Å². The highest BCUT2D eigenvalue weighted by Crippen LogP contribution is 2.32. The Hall–Kier alpha value is -2.25. The number of aliphatic carboxylic acids is 1. The largest absolute Gasteiger partial charge is 0.489 e. The zero-order chi connectivity index (χ0) is 23.3. The second-order valence-corrected chi connectivity index (χ2v) is 9.33. The van der Waals surface area contributed by atoms with Gasteiger partial charge in [0, 0.05) is 25.1 Å². The molecule has 0 spiro atoms. The van der Waals surface area contributed by atoms with Crippen LogP contribution in [0.5, 0.6) is 5.75 Å². The Morgan fingerprint density at radius 3 is 2.34 bits per heavy atom. The van der Waals surface area contributed by atoms with E-state index in [1.165, 1.54) is 13.0 Å². The van der Waals surface area contributed by atoms with Gasteiger partial charge in [-0.3, -0.25) is 14.4 Å². The number of piperidine rings is 1. The highest BCUT2D eigenvalue weighted by Gasteiger charge is 2.35. The maximum Gasteiger partial charge on any atom is 0.325 e. The molecule has 0 bridgehead atoms. The van der Waals surface area contributed by atoms with Gasteiger partial charge in [-0.2, -0.15) is 0 Å². The third-order valence-corrected chi connectivity index (χ3v) is 7.12.